The Labute approximate surface area is 162 Å². The Balaban J connectivity index is 1.87. The number of halogens is 1. The third kappa shape index (κ3) is 7.46. The predicted octanol–water partition coefficient (Wildman–Crippen LogP) is 1.91. The molecule has 0 unspecified atom stereocenters. The summed E-state index contributed by atoms with van der Waals surface area (Å²) in [6.45, 7) is 1.98. The molecule has 0 atom stereocenters. The van der Waals surface area contributed by atoms with E-state index in [1.807, 2.05) is 0 Å². The lowest BCUT2D eigenvalue weighted by Gasteiger charge is -2.24. The number of likely N-dealkylation sites (N-methyl/N-ethyl adjacent to an activating group) is 1. The summed E-state index contributed by atoms with van der Waals surface area (Å²) in [5, 5.41) is 6.40. The van der Waals surface area contributed by atoms with E-state index in [9.17, 15) is 12.8 Å². The molecule has 0 amide bonds. The van der Waals surface area contributed by atoms with E-state index in [2.05, 4.69) is 27.6 Å². The molecule has 0 saturated heterocycles. The van der Waals surface area contributed by atoms with E-state index >= 15 is 0 Å². The maximum absolute atomic E-state index is 13.6. The van der Waals surface area contributed by atoms with Gasteiger partial charge in [0.15, 0.2) is 15.8 Å². The summed E-state index contributed by atoms with van der Waals surface area (Å²) in [6.07, 6.45) is 6.34. The zero-order valence-corrected chi connectivity index (χ0v) is 17.3. The van der Waals surface area contributed by atoms with E-state index in [0.717, 1.165) is 13.1 Å². The topological polar surface area (TPSA) is 73.8 Å². The normalized spacial score (nSPS) is 16.1. The molecule has 152 valence electrons. The summed E-state index contributed by atoms with van der Waals surface area (Å²) in [7, 11) is 0.640. The molecule has 0 heterocycles. The van der Waals surface area contributed by atoms with Gasteiger partial charge < -0.3 is 15.5 Å². The number of hydrogen-bond acceptors (Lipinski definition) is 4. The van der Waals surface area contributed by atoms with Gasteiger partial charge in [0, 0.05) is 39.0 Å². The molecule has 0 bridgehead atoms. The molecule has 1 aliphatic carbocycles. The second-order valence-corrected chi connectivity index (χ2v) is 9.39. The number of nitrogens with one attached hydrogen (secondary N) is 2. The minimum absolute atomic E-state index is 0.109. The zero-order chi connectivity index (χ0) is 19.9. The van der Waals surface area contributed by atoms with Crippen LogP contribution in [0.4, 0.5) is 4.39 Å². The standard InChI is InChI=1S/C19H31FN4O2S/c1-21-19(22-10-11-24(2)18-6-4-5-7-18)23-13-16-12-17(20)9-8-15(16)14-27(3,25)26/h8-9,12,18H,4-7,10-11,13-14H2,1-3H3,(H2,21,22,23). The van der Waals surface area contributed by atoms with E-state index in [1.54, 1.807) is 7.05 Å². The lowest BCUT2D eigenvalue weighted by Crippen LogP contribution is -2.42. The molecule has 2 rings (SSSR count). The average molecular weight is 399 g/mol. The van der Waals surface area contributed by atoms with Crippen molar-refractivity contribution in [1.82, 2.24) is 15.5 Å². The lowest BCUT2D eigenvalue weighted by molar-refractivity contribution is 0.249. The highest BCUT2D eigenvalue weighted by molar-refractivity contribution is 7.89. The van der Waals surface area contributed by atoms with E-state index in [4.69, 9.17) is 0 Å². The Kier molecular flexibility index (Phi) is 8.04. The largest absolute Gasteiger partial charge is 0.355 e. The number of rotatable bonds is 8. The number of aliphatic imine (C=N–C) groups is 1. The summed E-state index contributed by atoms with van der Waals surface area (Å²) < 4.78 is 36.8. The van der Waals surface area contributed by atoms with Gasteiger partial charge >= 0.3 is 0 Å². The second-order valence-electron chi connectivity index (χ2n) is 7.25. The molecule has 0 aliphatic heterocycles. The van der Waals surface area contributed by atoms with Crippen LogP contribution in [0.2, 0.25) is 0 Å². The Bertz CT molecular complexity index is 746. The monoisotopic (exact) mass is 398 g/mol. The van der Waals surface area contributed by atoms with Gasteiger partial charge in [0.2, 0.25) is 0 Å². The summed E-state index contributed by atoms with van der Waals surface area (Å²) in [4.78, 5) is 6.57. The lowest BCUT2D eigenvalue weighted by atomic mass is 10.1. The Morgan fingerprint density at radius 2 is 1.96 bits per heavy atom. The molecule has 6 nitrogen and oxygen atoms in total. The van der Waals surface area contributed by atoms with Gasteiger partial charge in [0.05, 0.1) is 5.75 Å². The van der Waals surface area contributed by atoms with Crippen molar-refractivity contribution in [3.8, 4) is 0 Å². The van der Waals surface area contributed by atoms with E-state index < -0.39 is 9.84 Å². The van der Waals surface area contributed by atoms with Crippen molar-refractivity contribution in [2.75, 3.05) is 33.4 Å². The van der Waals surface area contributed by atoms with Gasteiger partial charge in [-0.3, -0.25) is 4.99 Å². The van der Waals surface area contributed by atoms with Crippen molar-refractivity contribution in [3.05, 3.63) is 35.1 Å². The van der Waals surface area contributed by atoms with E-state index in [1.165, 1.54) is 50.1 Å². The van der Waals surface area contributed by atoms with Gasteiger partial charge in [0.25, 0.3) is 0 Å². The van der Waals surface area contributed by atoms with Crippen molar-refractivity contribution in [2.24, 2.45) is 4.99 Å². The van der Waals surface area contributed by atoms with Gasteiger partial charge in [-0.1, -0.05) is 18.9 Å². The van der Waals surface area contributed by atoms with Crippen LogP contribution < -0.4 is 10.6 Å². The highest BCUT2D eigenvalue weighted by atomic mass is 32.2. The van der Waals surface area contributed by atoms with Gasteiger partial charge in [0.1, 0.15) is 5.82 Å². The minimum Gasteiger partial charge on any atom is -0.355 e. The molecular formula is C19H31FN4O2S. The molecule has 1 saturated carbocycles. The molecule has 0 spiro atoms. The fraction of sp³-hybridized carbons (Fsp3) is 0.632. The predicted molar refractivity (Wildman–Crippen MR) is 108 cm³/mol. The molecule has 2 N–H and O–H groups in total. The fourth-order valence-corrected chi connectivity index (χ4v) is 4.31. The van der Waals surface area contributed by atoms with Crippen LogP contribution in [0.3, 0.4) is 0 Å². The smallest absolute Gasteiger partial charge is 0.191 e. The first-order chi connectivity index (χ1) is 12.8. The summed E-state index contributed by atoms with van der Waals surface area (Å²) in [5.74, 6) is 0.122. The van der Waals surface area contributed by atoms with E-state index in [-0.39, 0.29) is 11.6 Å². The van der Waals surface area contributed by atoms with Crippen LogP contribution in [0, 0.1) is 5.82 Å². The second kappa shape index (κ2) is 10.0. The van der Waals surface area contributed by atoms with Crippen LogP contribution in [-0.4, -0.2) is 58.8 Å². The minimum atomic E-state index is -3.19. The quantitative estimate of drug-likeness (QED) is 0.517. The zero-order valence-electron chi connectivity index (χ0n) is 16.5. The Morgan fingerprint density at radius 1 is 1.26 bits per heavy atom. The Morgan fingerprint density at radius 3 is 2.59 bits per heavy atom. The van der Waals surface area contributed by atoms with Gasteiger partial charge in [-0.2, -0.15) is 0 Å². The van der Waals surface area contributed by atoms with Crippen molar-refractivity contribution >= 4 is 15.8 Å². The van der Waals surface area contributed by atoms with Crippen molar-refractivity contribution in [3.63, 3.8) is 0 Å². The van der Waals surface area contributed by atoms with Gasteiger partial charge in [-0.05, 0) is 43.1 Å². The highest BCUT2D eigenvalue weighted by Crippen LogP contribution is 2.21. The molecular weight excluding hydrogens is 367 g/mol. The fourth-order valence-electron chi connectivity index (χ4n) is 3.46. The Hall–Kier alpha value is -1.67. The molecule has 0 radical (unpaired) electrons. The number of hydrogen-bond donors (Lipinski definition) is 2. The van der Waals surface area contributed by atoms with Crippen LogP contribution in [-0.2, 0) is 22.1 Å². The summed E-state index contributed by atoms with van der Waals surface area (Å²) in [6, 6.07) is 4.86. The van der Waals surface area contributed by atoms with E-state index in [0.29, 0.717) is 29.7 Å². The first kappa shape index (κ1) is 21.6. The van der Waals surface area contributed by atoms with Gasteiger partial charge in [-0.15, -0.1) is 0 Å². The van der Waals surface area contributed by atoms with Crippen LogP contribution in [0.15, 0.2) is 23.2 Å². The molecule has 27 heavy (non-hydrogen) atoms. The summed E-state index contributed by atoms with van der Waals surface area (Å²) >= 11 is 0. The van der Waals surface area contributed by atoms with Gasteiger partial charge in [-0.25, -0.2) is 12.8 Å². The first-order valence-corrected chi connectivity index (χ1v) is 11.4. The molecule has 1 aromatic carbocycles. The van der Waals surface area contributed by atoms with Crippen LogP contribution in [0.25, 0.3) is 0 Å². The number of sulfone groups is 1. The molecule has 0 aromatic heterocycles. The third-order valence-corrected chi connectivity index (χ3v) is 5.80. The average Bonchev–Trinajstić information content (AvgIpc) is 3.13. The van der Waals surface area contributed by atoms with Crippen LogP contribution in [0.5, 0.6) is 0 Å². The first-order valence-electron chi connectivity index (χ1n) is 9.38. The number of guanidine groups is 1. The maximum atomic E-state index is 13.6. The molecule has 1 aliphatic rings. The van der Waals surface area contributed by atoms with Crippen LogP contribution >= 0.6 is 0 Å². The molecule has 1 aromatic rings. The van der Waals surface area contributed by atoms with Crippen LogP contribution in [0.1, 0.15) is 36.8 Å². The number of benzene rings is 1. The van der Waals surface area contributed by atoms with Crippen molar-refractivity contribution in [2.45, 2.75) is 44.0 Å². The summed E-state index contributed by atoms with van der Waals surface area (Å²) in [5.41, 5.74) is 1.22. The number of nitrogens with zero attached hydrogens (tertiary/aromatic N) is 2. The van der Waals surface area contributed by atoms with Crippen molar-refractivity contribution < 1.29 is 12.8 Å². The maximum Gasteiger partial charge on any atom is 0.191 e. The SMILES string of the molecule is CN=C(NCCN(C)C1CCCC1)NCc1cc(F)ccc1CS(C)(=O)=O. The molecule has 8 heteroatoms. The van der Waals surface area contributed by atoms with Crippen molar-refractivity contribution in [1.29, 1.82) is 0 Å². The molecule has 1 fully saturated rings. The third-order valence-electron chi connectivity index (χ3n) is 4.96. The highest BCUT2D eigenvalue weighted by Gasteiger charge is 2.19.